The van der Waals surface area contributed by atoms with Crippen LogP contribution in [0, 0.1) is 0 Å². The fourth-order valence-electron chi connectivity index (χ4n) is 9.95. The van der Waals surface area contributed by atoms with Crippen LogP contribution < -0.4 is 39.2 Å². The number of hydrogen-bond acceptors (Lipinski definition) is 10. The van der Waals surface area contributed by atoms with E-state index in [1.807, 2.05) is 66.7 Å². The first kappa shape index (κ1) is 53.5. The lowest BCUT2D eigenvalue weighted by Crippen LogP contribution is -2.24. The van der Waals surface area contributed by atoms with Crippen molar-refractivity contribution in [2.75, 3.05) is 44.7 Å². The predicted octanol–water partition coefficient (Wildman–Crippen LogP) is 13.9. The third kappa shape index (κ3) is 13.7. The molecule has 8 rings (SSSR count). The molecule has 1 atom stereocenters. The monoisotopic (exact) mass is 1010 g/mol. The number of anilines is 2. The standard InChI is InChI=1S/C63H68N2O10/c1-5-7-9-11-39-71-50-28-24-48(25-29-50)61(67)64-52-32-21-44(42-56(52)69-3)16-15-41-73-75-55-20-14-18-47-36-38-63(60(47)55)37-35-46-17-13-19-54(59(46)63)74-58(66)34-23-45-22-33-53(57(43-45)70-4)65-62(68)49-26-30-51(31-27-49)72-40-12-10-8-6-2/h13-34,42-43H,5-12,35-41H2,1-4H3,(H,64,67)(H,65,68)/b16-15+,34-23+. The molecule has 1 unspecified atom stereocenters. The van der Waals surface area contributed by atoms with Gasteiger partial charge in [-0.15, -0.1) is 0 Å². The molecular weight excluding hydrogens is 945 g/mol. The first-order chi connectivity index (χ1) is 36.7. The summed E-state index contributed by atoms with van der Waals surface area (Å²) in [5.41, 5.74) is 7.51. The molecule has 0 radical (unpaired) electrons. The molecule has 12 heteroatoms. The van der Waals surface area contributed by atoms with Crippen LogP contribution in [0.1, 0.15) is 132 Å². The molecule has 75 heavy (non-hydrogen) atoms. The Labute approximate surface area is 440 Å². The number of rotatable bonds is 26. The molecule has 6 aromatic carbocycles. The van der Waals surface area contributed by atoms with E-state index < -0.39 is 11.4 Å². The molecule has 12 nitrogen and oxygen atoms in total. The molecule has 0 aliphatic heterocycles. The molecular formula is C63H68N2O10. The SMILES string of the molecule is CCCCCCOc1ccc(C(=O)Nc2ccc(/C=C/COOc3cccc4c3C3(CC4)CCc4cccc(OC(=O)/C=C/c5ccc(NC(=O)c6ccc(OCCCCCC)cc6)c(OC)c5)c43)cc2OC)cc1. The molecule has 2 amide bonds. The van der Waals surface area contributed by atoms with Gasteiger partial charge in [-0.2, -0.15) is 4.89 Å². The Bertz CT molecular complexity index is 2960. The van der Waals surface area contributed by atoms with Gasteiger partial charge in [0, 0.05) is 33.7 Å². The normalized spacial score (nSPS) is 14.4. The second-order valence-corrected chi connectivity index (χ2v) is 18.9. The summed E-state index contributed by atoms with van der Waals surface area (Å²) in [4.78, 5) is 51.8. The molecule has 0 saturated heterocycles. The quantitative estimate of drug-likeness (QED) is 0.0135. The number of hydrogen-bond donors (Lipinski definition) is 2. The number of amides is 2. The zero-order valence-corrected chi connectivity index (χ0v) is 43.5. The zero-order valence-electron chi connectivity index (χ0n) is 43.5. The van der Waals surface area contributed by atoms with Gasteiger partial charge in [0.2, 0.25) is 0 Å². The number of ether oxygens (including phenoxy) is 5. The van der Waals surface area contributed by atoms with Gasteiger partial charge in [-0.3, -0.25) is 9.59 Å². The fraction of sp³-hybridized carbons (Fsp3) is 0.317. The van der Waals surface area contributed by atoms with Crippen LogP contribution in [0.4, 0.5) is 11.4 Å². The molecule has 1 spiro atoms. The molecule has 0 bridgehead atoms. The minimum atomic E-state index is -0.523. The van der Waals surface area contributed by atoms with Gasteiger partial charge in [0.1, 0.15) is 35.4 Å². The van der Waals surface area contributed by atoms with Crippen molar-refractivity contribution in [3.63, 3.8) is 0 Å². The van der Waals surface area contributed by atoms with Crippen LogP contribution in [-0.2, 0) is 27.9 Å². The lowest BCUT2D eigenvalue weighted by molar-refractivity contribution is -0.196. The van der Waals surface area contributed by atoms with Crippen molar-refractivity contribution in [1.29, 1.82) is 0 Å². The molecule has 2 N–H and O–H groups in total. The van der Waals surface area contributed by atoms with E-state index in [2.05, 4.69) is 36.6 Å². The Morgan fingerprint density at radius 3 is 1.59 bits per heavy atom. The van der Waals surface area contributed by atoms with Crippen LogP contribution in [0.25, 0.3) is 12.2 Å². The zero-order chi connectivity index (χ0) is 52.4. The van der Waals surface area contributed by atoms with Crippen molar-refractivity contribution >= 4 is 41.3 Å². The first-order valence-corrected chi connectivity index (χ1v) is 26.3. The minimum Gasteiger partial charge on any atom is -0.495 e. The number of fused-ring (bicyclic) bond motifs is 4. The van der Waals surface area contributed by atoms with Crippen LogP contribution >= 0.6 is 0 Å². The van der Waals surface area contributed by atoms with E-state index in [-0.39, 0.29) is 18.4 Å². The molecule has 390 valence electrons. The maximum Gasteiger partial charge on any atom is 0.336 e. The maximum absolute atomic E-state index is 13.6. The number of aryl methyl sites for hydroxylation is 2. The molecule has 0 saturated carbocycles. The van der Waals surface area contributed by atoms with Crippen LogP contribution in [0.5, 0.6) is 34.5 Å². The highest BCUT2D eigenvalue weighted by molar-refractivity contribution is 6.06. The third-order valence-corrected chi connectivity index (χ3v) is 13.8. The summed E-state index contributed by atoms with van der Waals surface area (Å²) < 4.78 is 29.1. The number of nitrogens with one attached hydrogen (secondary N) is 2. The van der Waals surface area contributed by atoms with Crippen molar-refractivity contribution < 1.29 is 47.8 Å². The van der Waals surface area contributed by atoms with Crippen molar-refractivity contribution in [3.8, 4) is 34.5 Å². The van der Waals surface area contributed by atoms with E-state index >= 15 is 0 Å². The Morgan fingerprint density at radius 1 is 0.560 bits per heavy atom. The Morgan fingerprint density at radius 2 is 1.07 bits per heavy atom. The average Bonchev–Trinajstić information content (AvgIpc) is 4.02. The minimum absolute atomic E-state index is 0.162. The Balaban J connectivity index is 0.860. The van der Waals surface area contributed by atoms with Crippen LogP contribution in [0.15, 0.2) is 133 Å². The van der Waals surface area contributed by atoms with E-state index in [9.17, 15) is 14.4 Å². The van der Waals surface area contributed by atoms with Crippen molar-refractivity contribution in [2.24, 2.45) is 0 Å². The van der Waals surface area contributed by atoms with Gasteiger partial charge in [0.25, 0.3) is 11.8 Å². The number of carbonyl (C=O) groups is 3. The lowest BCUT2D eigenvalue weighted by Gasteiger charge is -2.29. The molecule has 6 aromatic rings. The summed E-state index contributed by atoms with van der Waals surface area (Å²) in [5, 5.41) is 5.89. The molecule has 0 fully saturated rings. The fourth-order valence-corrected chi connectivity index (χ4v) is 9.95. The third-order valence-electron chi connectivity index (χ3n) is 13.8. The maximum atomic E-state index is 13.6. The summed E-state index contributed by atoms with van der Waals surface area (Å²) in [6.07, 6.45) is 19.2. The van der Waals surface area contributed by atoms with Gasteiger partial charge in [0.15, 0.2) is 5.75 Å². The number of unbranched alkanes of at least 4 members (excludes halogenated alkanes) is 6. The summed E-state index contributed by atoms with van der Waals surface area (Å²) in [6, 6.07) is 37.0. The van der Waals surface area contributed by atoms with Crippen LogP contribution in [-0.4, -0.2) is 51.8 Å². The summed E-state index contributed by atoms with van der Waals surface area (Å²) in [7, 11) is 3.10. The van der Waals surface area contributed by atoms with Gasteiger partial charge in [-0.1, -0.05) is 101 Å². The van der Waals surface area contributed by atoms with E-state index in [0.29, 0.717) is 64.3 Å². The highest BCUT2D eigenvalue weighted by Gasteiger charge is 2.49. The number of methoxy groups -OCH3 is 2. The topological polar surface area (TPSA) is 140 Å². The Kier molecular flexibility index (Phi) is 18.8. The molecule has 2 aliphatic carbocycles. The molecule has 0 aromatic heterocycles. The van der Waals surface area contributed by atoms with Crippen molar-refractivity contribution in [3.05, 3.63) is 178 Å². The second kappa shape index (κ2) is 26.4. The predicted molar refractivity (Wildman–Crippen MR) is 295 cm³/mol. The Hall–Kier alpha value is -7.83. The largest absolute Gasteiger partial charge is 0.495 e. The molecule has 2 aliphatic rings. The van der Waals surface area contributed by atoms with Gasteiger partial charge < -0.3 is 39.2 Å². The second-order valence-electron chi connectivity index (χ2n) is 18.9. The number of carbonyl (C=O) groups excluding carboxylic acids is 3. The van der Waals surface area contributed by atoms with E-state index in [0.717, 1.165) is 85.1 Å². The highest BCUT2D eigenvalue weighted by Crippen LogP contribution is 2.57. The van der Waals surface area contributed by atoms with Gasteiger partial charge >= 0.3 is 5.97 Å². The van der Waals surface area contributed by atoms with Gasteiger partial charge in [-0.25, -0.2) is 4.79 Å². The van der Waals surface area contributed by atoms with E-state index in [1.54, 1.807) is 67.8 Å². The van der Waals surface area contributed by atoms with Crippen LogP contribution in [0.3, 0.4) is 0 Å². The smallest absolute Gasteiger partial charge is 0.336 e. The van der Waals surface area contributed by atoms with E-state index in [1.165, 1.54) is 44.4 Å². The van der Waals surface area contributed by atoms with Gasteiger partial charge in [0.05, 0.1) is 38.8 Å². The number of esters is 1. The van der Waals surface area contributed by atoms with Crippen LogP contribution in [0.2, 0.25) is 0 Å². The highest BCUT2D eigenvalue weighted by atomic mass is 17.2. The van der Waals surface area contributed by atoms with Crippen molar-refractivity contribution in [2.45, 2.75) is 96.3 Å². The lowest BCUT2D eigenvalue weighted by atomic mass is 9.76. The average molecular weight is 1010 g/mol. The van der Waals surface area contributed by atoms with E-state index in [4.69, 9.17) is 33.5 Å². The first-order valence-electron chi connectivity index (χ1n) is 26.3. The van der Waals surface area contributed by atoms with Crippen molar-refractivity contribution in [1.82, 2.24) is 0 Å². The summed E-state index contributed by atoms with van der Waals surface area (Å²) in [5.74, 6) is 2.52. The van der Waals surface area contributed by atoms with Gasteiger partial charge in [-0.05, 0) is 152 Å². The summed E-state index contributed by atoms with van der Waals surface area (Å²) in [6.45, 7) is 5.83. The molecule has 0 heterocycles. The number of benzene rings is 6. The summed E-state index contributed by atoms with van der Waals surface area (Å²) >= 11 is 0.